The van der Waals surface area contributed by atoms with E-state index in [1.165, 1.54) is 0 Å². The number of nitrogens with one attached hydrogen (secondary N) is 2. The van der Waals surface area contributed by atoms with Gasteiger partial charge in [0.25, 0.3) is 5.91 Å². The van der Waals surface area contributed by atoms with Crippen LogP contribution in [-0.2, 0) is 9.59 Å². The Kier molecular flexibility index (Phi) is 6.99. The van der Waals surface area contributed by atoms with Gasteiger partial charge in [0.05, 0.1) is 5.56 Å². The van der Waals surface area contributed by atoms with Gasteiger partial charge in [0.2, 0.25) is 11.8 Å². The molecule has 0 saturated carbocycles. The lowest BCUT2D eigenvalue weighted by Crippen LogP contribution is -2.37. The van der Waals surface area contributed by atoms with Gasteiger partial charge >= 0.3 is 0 Å². The Balaban J connectivity index is 1.80. The van der Waals surface area contributed by atoms with Gasteiger partial charge in [-0.1, -0.05) is 30.3 Å². The van der Waals surface area contributed by atoms with Gasteiger partial charge in [0.1, 0.15) is 17.7 Å². The zero-order valence-electron chi connectivity index (χ0n) is 14.4. The quantitative estimate of drug-likeness (QED) is 0.614. The molecule has 3 amide bonds. The Labute approximate surface area is 154 Å². The van der Waals surface area contributed by atoms with Crippen molar-refractivity contribution in [3.8, 4) is 0 Å². The summed E-state index contributed by atoms with van der Waals surface area (Å²) in [6.45, 7) is 0.107. The fourth-order valence-corrected chi connectivity index (χ4v) is 2.42. The van der Waals surface area contributed by atoms with E-state index in [9.17, 15) is 23.2 Å². The van der Waals surface area contributed by atoms with Crippen LogP contribution >= 0.6 is 0 Å². The first-order valence-electron chi connectivity index (χ1n) is 8.25. The van der Waals surface area contributed by atoms with Crippen molar-refractivity contribution in [2.45, 2.75) is 18.9 Å². The molecule has 0 aliphatic rings. The zero-order valence-corrected chi connectivity index (χ0v) is 14.4. The average molecular weight is 375 g/mol. The first-order valence-corrected chi connectivity index (χ1v) is 8.25. The van der Waals surface area contributed by atoms with Crippen molar-refractivity contribution >= 4 is 17.7 Å². The van der Waals surface area contributed by atoms with Crippen molar-refractivity contribution in [2.24, 2.45) is 5.73 Å². The summed E-state index contributed by atoms with van der Waals surface area (Å²) >= 11 is 0. The summed E-state index contributed by atoms with van der Waals surface area (Å²) in [4.78, 5) is 35.4. The van der Waals surface area contributed by atoms with Gasteiger partial charge in [0, 0.05) is 19.0 Å². The van der Waals surface area contributed by atoms with Crippen LogP contribution in [0.2, 0.25) is 0 Å². The summed E-state index contributed by atoms with van der Waals surface area (Å²) in [5.74, 6) is -3.53. The molecule has 0 spiro atoms. The summed E-state index contributed by atoms with van der Waals surface area (Å²) in [6.07, 6.45) is 0.295. The van der Waals surface area contributed by atoms with Crippen LogP contribution in [0, 0.1) is 11.6 Å². The molecule has 0 bridgehead atoms. The Hall–Kier alpha value is -3.29. The molecule has 27 heavy (non-hydrogen) atoms. The van der Waals surface area contributed by atoms with E-state index >= 15 is 0 Å². The van der Waals surface area contributed by atoms with Crippen molar-refractivity contribution in [2.75, 3.05) is 6.54 Å². The minimum Gasteiger partial charge on any atom is -0.368 e. The SMILES string of the molecule is NC(=O)C(NC(=O)CCCNC(=O)c1ccc(F)cc1F)c1ccccc1. The Morgan fingerprint density at radius 2 is 1.74 bits per heavy atom. The molecule has 6 nitrogen and oxygen atoms in total. The van der Waals surface area contributed by atoms with Crippen LogP contribution in [0.25, 0.3) is 0 Å². The average Bonchev–Trinajstić information content (AvgIpc) is 2.63. The molecule has 0 fully saturated rings. The second-order valence-electron chi connectivity index (χ2n) is 5.80. The van der Waals surface area contributed by atoms with Crippen LogP contribution in [0.5, 0.6) is 0 Å². The third-order valence-corrected chi connectivity index (χ3v) is 3.76. The highest BCUT2D eigenvalue weighted by atomic mass is 19.1. The van der Waals surface area contributed by atoms with E-state index < -0.39 is 35.4 Å². The molecule has 2 aromatic rings. The Morgan fingerprint density at radius 3 is 2.37 bits per heavy atom. The molecular weight excluding hydrogens is 356 g/mol. The largest absolute Gasteiger partial charge is 0.368 e. The van der Waals surface area contributed by atoms with Crippen LogP contribution in [-0.4, -0.2) is 24.3 Å². The van der Waals surface area contributed by atoms with Crippen LogP contribution in [0.15, 0.2) is 48.5 Å². The molecule has 0 heterocycles. The van der Waals surface area contributed by atoms with Gasteiger partial charge < -0.3 is 16.4 Å². The number of carbonyl (C=O) groups is 3. The fraction of sp³-hybridized carbons (Fsp3) is 0.211. The standard InChI is InChI=1S/C19H19F2N3O3/c20-13-8-9-14(15(21)11-13)19(27)23-10-4-7-16(25)24-17(18(22)26)12-5-2-1-3-6-12/h1-3,5-6,8-9,11,17H,4,7,10H2,(H2,22,26)(H,23,27)(H,24,25). The van der Waals surface area contributed by atoms with Gasteiger partial charge in [-0.25, -0.2) is 8.78 Å². The summed E-state index contributed by atoms with van der Waals surface area (Å²) in [5, 5.41) is 4.99. The number of amides is 3. The van der Waals surface area contributed by atoms with Crippen molar-refractivity contribution in [1.82, 2.24) is 10.6 Å². The van der Waals surface area contributed by atoms with E-state index in [2.05, 4.69) is 10.6 Å². The number of halogens is 2. The summed E-state index contributed by atoms with van der Waals surface area (Å²) in [6, 6.07) is 10.3. The molecule has 2 aromatic carbocycles. The van der Waals surface area contributed by atoms with E-state index in [0.717, 1.165) is 12.1 Å². The van der Waals surface area contributed by atoms with Crippen molar-refractivity contribution in [3.05, 3.63) is 71.3 Å². The van der Waals surface area contributed by atoms with Crippen LogP contribution in [0.3, 0.4) is 0 Å². The third-order valence-electron chi connectivity index (χ3n) is 3.76. The molecule has 1 atom stereocenters. The van der Waals surface area contributed by atoms with Crippen molar-refractivity contribution in [3.63, 3.8) is 0 Å². The van der Waals surface area contributed by atoms with Gasteiger partial charge in [-0.05, 0) is 24.1 Å². The second-order valence-corrected chi connectivity index (χ2v) is 5.80. The predicted octanol–water partition coefficient (Wildman–Crippen LogP) is 1.82. The molecule has 0 aromatic heterocycles. The number of rotatable bonds is 8. The highest BCUT2D eigenvalue weighted by molar-refractivity contribution is 5.94. The van der Waals surface area contributed by atoms with Gasteiger partial charge in [-0.3, -0.25) is 14.4 Å². The molecule has 0 aliphatic carbocycles. The lowest BCUT2D eigenvalue weighted by Gasteiger charge is -2.16. The van der Waals surface area contributed by atoms with E-state index in [4.69, 9.17) is 5.73 Å². The maximum atomic E-state index is 13.5. The first-order chi connectivity index (χ1) is 12.9. The molecule has 0 saturated heterocycles. The molecule has 1 unspecified atom stereocenters. The summed E-state index contributed by atoms with van der Waals surface area (Å²) in [5.41, 5.74) is 5.62. The predicted molar refractivity (Wildman–Crippen MR) is 94.4 cm³/mol. The maximum absolute atomic E-state index is 13.5. The van der Waals surface area contributed by atoms with Gasteiger partial charge in [-0.2, -0.15) is 0 Å². The fourth-order valence-electron chi connectivity index (χ4n) is 2.42. The van der Waals surface area contributed by atoms with E-state index in [1.807, 2.05) is 0 Å². The summed E-state index contributed by atoms with van der Waals surface area (Å²) in [7, 11) is 0. The number of primary amides is 1. The molecule has 0 aliphatic heterocycles. The lowest BCUT2D eigenvalue weighted by molar-refractivity contribution is -0.127. The van der Waals surface area contributed by atoms with Crippen LogP contribution in [0.1, 0.15) is 34.8 Å². The number of carbonyl (C=O) groups excluding carboxylic acids is 3. The van der Waals surface area contributed by atoms with Crippen molar-refractivity contribution in [1.29, 1.82) is 0 Å². The van der Waals surface area contributed by atoms with Crippen LogP contribution in [0.4, 0.5) is 8.78 Å². The van der Waals surface area contributed by atoms with Gasteiger partial charge in [-0.15, -0.1) is 0 Å². The van der Waals surface area contributed by atoms with E-state index in [0.29, 0.717) is 11.6 Å². The Morgan fingerprint density at radius 1 is 1.04 bits per heavy atom. The van der Waals surface area contributed by atoms with Crippen LogP contribution < -0.4 is 16.4 Å². The molecule has 0 radical (unpaired) electrons. The minimum atomic E-state index is -0.961. The zero-order chi connectivity index (χ0) is 19.8. The number of nitrogens with two attached hydrogens (primary N) is 1. The highest BCUT2D eigenvalue weighted by Gasteiger charge is 2.19. The normalized spacial score (nSPS) is 11.5. The Bertz CT molecular complexity index is 828. The highest BCUT2D eigenvalue weighted by Crippen LogP contribution is 2.12. The number of hydrogen-bond acceptors (Lipinski definition) is 3. The minimum absolute atomic E-state index is 0.0305. The summed E-state index contributed by atoms with van der Waals surface area (Å²) < 4.78 is 26.4. The maximum Gasteiger partial charge on any atom is 0.254 e. The number of benzene rings is 2. The number of hydrogen-bond donors (Lipinski definition) is 3. The third kappa shape index (κ3) is 5.88. The lowest BCUT2D eigenvalue weighted by atomic mass is 10.1. The molecule has 4 N–H and O–H groups in total. The van der Waals surface area contributed by atoms with Gasteiger partial charge in [0.15, 0.2) is 0 Å². The van der Waals surface area contributed by atoms with Crippen molar-refractivity contribution < 1.29 is 23.2 Å². The second kappa shape index (κ2) is 9.42. The molecular formula is C19H19F2N3O3. The topological polar surface area (TPSA) is 101 Å². The molecule has 8 heteroatoms. The smallest absolute Gasteiger partial charge is 0.254 e. The van der Waals surface area contributed by atoms with E-state index in [1.54, 1.807) is 30.3 Å². The monoisotopic (exact) mass is 375 g/mol. The van der Waals surface area contributed by atoms with E-state index in [-0.39, 0.29) is 24.9 Å². The first kappa shape index (κ1) is 20.0. The molecule has 2 rings (SSSR count). The molecule has 142 valence electrons.